The Bertz CT molecular complexity index is 1550. The number of methoxy groups -OCH3 is 2. The summed E-state index contributed by atoms with van der Waals surface area (Å²) in [5, 5.41) is 44.4. The number of carbonyl (C=O) groups excluding carboxylic acids is 3. The molecule has 4 atom stereocenters. The lowest BCUT2D eigenvalue weighted by Crippen LogP contribution is -2.59. The maximum Gasteiger partial charge on any atom is 0.255 e. The van der Waals surface area contributed by atoms with Gasteiger partial charge in [0, 0.05) is 35.0 Å². The zero-order chi connectivity index (χ0) is 27.3. The van der Waals surface area contributed by atoms with Gasteiger partial charge in [-0.1, -0.05) is 6.07 Å². The fourth-order valence-electron chi connectivity index (χ4n) is 6.37. The summed E-state index contributed by atoms with van der Waals surface area (Å²) in [6.07, 6.45) is -1.46. The predicted octanol–water partition coefficient (Wildman–Crippen LogP) is 2.00. The molecule has 196 valence electrons. The number of benzene rings is 2. The fraction of sp³-hybridized carbons (Fsp3) is 0.296. The van der Waals surface area contributed by atoms with E-state index >= 15 is 0 Å². The molecule has 11 nitrogen and oxygen atoms in total. The van der Waals surface area contributed by atoms with Crippen LogP contribution in [-0.2, 0) is 14.4 Å². The van der Waals surface area contributed by atoms with E-state index in [1.54, 1.807) is 18.2 Å². The highest BCUT2D eigenvalue weighted by Crippen LogP contribution is 2.61. The van der Waals surface area contributed by atoms with Crippen LogP contribution in [-0.4, -0.2) is 57.7 Å². The van der Waals surface area contributed by atoms with Crippen molar-refractivity contribution in [1.29, 1.82) is 0 Å². The molecule has 11 heteroatoms. The molecule has 1 unspecified atom stereocenters. The van der Waals surface area contributed by atoms with Crippen molar-refractivity contribution in [3.05, 3.63) is 52.3 Å². The summed E-state index contributed by atoms with van der Waals surface area (Å²) in [7, 11) is 2.92. The number of aliphatic hydroxyl groups is 3. The van der Waals surface area contributed by atoms with E-state index in [0.717, 1.165) is 0 Å². The number of carbonyl (C=O) groups is 3. The number of aromatic hydroxyl groups is 1. The van der Waals surface area contributed by atoms with Gasteiger partial charge < -0.3 is 40.4 Å². The Morgan fingerprint density at radius 3 is 2.45 bits per heavy atom. The number of nitrogens with two attached hydrogens (primary N) is 1. The molecule has 0 radical (unpaired) electrons. The van der Waals surface area contributed by atoms with Gasteiger partial charge in [-0.3, -0.25) is 14.4 Å². The summed E-state index contributed by atoms with van der Waals surface area (Å²) in [6.45, 7) is 0. The first kappa shape index (κ1) is 23.9. The van der Waals surface area contributed by atoms with Gasteiger partial charge >= 0.3 is 0 Å². The van der Waals surface area contributed by atoms with Gasteiger partial charge in [0.25, 0.3) is 5.91 Å². The molecule has 0 saturated heterocycles. The molecule has 1 heterocycles. The first-order chi connectivity index (χ1) is 18.1. The molecule has 2 aromatic carbocycles. The molecule has 0 aromatic heterocycles. The summed E-state index contributed by atoms with van der Waals surface area (Å²) in [6, 6.07) is 6.45. The van der Waals surface area contributed by atoms with Crippen molar-refractivity contribution >= 4 is 23.2 Å². The standard InChI is InChI=1S/C27H23NO10/c1-36-15-6-4-11-10-3-5-13(29)18-16(10)21(38-22(11)23(15)37-2)12-7-9-8-14(30)19(26(28)34)25(33)27(9,35)24(32)17(12)20(18)31/h3-6,9,12,21,29,31,33,35H,7-8H2,1-2H3,(H2,28,34)/t9-,12-,21?,27-/m0/s1. The summed E-state index contributed by atoms with van der Waals surface area (Å²) >= 11 is 0. The van der Waals surface area contributed by atoms with Crippen molar-refractivity contribution < 1.29 is 49.0 Å². The number of phenols is 1. The van der Waals surface area contributed by atoms with Gasteiger partial charge in [-0.05, 0) is 30.2 Å². The monoisotopic (exact) mass is 521 g/mol. The first-order valence-electron chi connectivity index (χ1n) is 11.8. The molecule has 3 aliphatic carbocycles. The quantitative estimate of drug-likeness (QED) is 0.374. The SMILES string of the molecule is COc1ccc2c(c1OC)OC1c3c-2ccc(O)c3C(O)=C2C(=O)[C@]3(O)C(O)=C(C(N)=O)C(=O)C[C@@H]3C[C@@H]21. The van der Waals surface area contributed by atoms with Crippen molar-refractivity contribution in [3.8, 4) is 34.1 Å². The van der Waals surface area contributed by atoms with Crippen molar-refractivity contribution in [1.82, 2.24) is 0 Å². The number of hydrogen-bond donors (Lipinski definition) is 5. The largest absolute Gasteiger partial charge is 0.508 e. The van der Waals surface area contributed by atoms with Crippen LogP contribution in [0.15, 0.2) is 41.2 Å². The number of primary amides is 1. The molecule has 6 rings (SSSR count). The molecule has 1 amide bonds. The second-order valence-corrected chi connectivity index (χ2v) is 9.75. The normalized spacial score (nSPS) is 27.1. The average Bonchev–Trinajstić information content (AvgIpc) is 2.88. The van der Waals surface area contributed by atoms with Crippen molar-refractivity contribution in [2.75, 3.05) is 14.2 Å². The number of rotatable bonds is 3. The minimum Gasteiger partial charge on any atom is -0.508 e. The van der Waals surface area contributed by atoms with Crippen molar-refractivity contribution in [3.63, 3.8) is 0 Å². The van der Waals surface area contributed by atoms with Crippen LogP contribution in [0.1, 0.15) is 30.1 Å². The predicted molar refractivity (Wildman–Crippen MR) is 130 cm³/mol. The average molecular weight is 521 g/mol. The van der Waals surface area contributed by atoms with Crippen LogP contribution in [0.4, 0.5) is 0 Å². The summed E-state index contributed by atoms with van der Waals surface area (Å²) < 4.78 is 17.4. The minimum absolute atomic E-state index is 0.0555. The second kappa shape index (κ2) is 7.75. The summed E-state index contributed by atoms with van der Waals surface area (Å²) in [5.41, 5.74) is 3.01. The third-order valence-electron chi connectivity index (χ3n) is 8.05. The Morgan fingerprint density at radius 2 is 1.79 bits per heavy atom. The van der Waals surface area contributed by atoms with Crippen molar-refractivity contribution in [2.45, 2.75) is 24.5 Å². The molecule has 1 aliphatic heterocycles. The van der Waals surface area contributed by atoms with Crippen LogP contribution < -0.4 is 19.9 Å². The summed E-state index contributed by atoms with van der Waals surface area (Å²) in [4.78, 5) is 38.4. The lowest BCUT2D eigenvalue weighted by atomic mass is 9.58. The van der Waals surface area contributed by atoms with Crippen LogP contribution in [0, 0.1) is 11.8 Å². The maximum atomic E-state index is 13.9. The van der Waals surface area contributed by atoms with Crippen molar-refractivity contribution in [2.24, 2.45) is 17.6 Å². The Morgan fingerprint density at radius 1 is 1.08 bits per heavy atom. The zero-order valence-corrected chi connectivity index (χ0v) is 20.3. The second-order valence-electron chi connectivity index (χ2n) is 9.75. The van der Waals surface area contributed by atoms with Gasteiger partial charge in [0.05, 0.1) is 19.8 Å². The third kappa shape index (κ3) is 2.73. The van der Waals surface area contributed by atoms with E-state index in [-0.39, 0.29) is 23.3 Å². The number of hydrogen-bond acceptors (Lipinski definition) is 10. The molecule has 0 bridgehead atoms. The van der Waals surface area contributed by atoms with Crippen LogP contribution >= 0.6 is 0 Å². The number of aliphatic hydroxyl groups excluding tert-OH is 2. The molecule has 1 saturated carbocycles. The van der Waals surface area contributed by atoms with E-state index < -0.39 is 64.5 Å². The van der Waals surface area contributed by atoms with Crippen LogP contribution in [0.3, 0.4) is 0 Å². The first-order valence-corrected chi connectivity index (χ1v) is 11.8. The van der Waals surface area contributed by atoms with Crippen LogP contribution in [0.2, 0.25) is 0 Å². The number of ketones is 2. The molecule has 38 heavy (non-hydrogen) atoms. The fourth-order valence-corrected chi connectivity index (χ4v) is 6.37. The third-order valence-corrected chi connectivity index (χ3v) is 8.05. The number of phenolic OH excluding ortho intramolecular Hbond substituents is 1. The topological polar surface area (TPSA) is 186 Å². The number of ether oxygens (including phenoxy) is 3. The zero-order valence-electron chi connectivity index (χ0n) is 20.3. The van der Waals surface area contributed by atoms with Gasteiger partial charge in [-0.2, -0.15) is 0 Å². The highest BCUT2D eigenvalue weighted by Gasteiger charge is 2.62. The van der Waals surface area contributed by atoms with E-state index in [9.17, 15) is 34.8 Å². The number of Topliss-reactive ketones (excluding diaryl/α,β-unsaturated/α-hetero) is 2. The van der Waals surface area contributed by atoms with Gasteiger partial charge in [-0.15, -0.1) is 0 Å². The highest BCUT2D eigenvalue weighted by molar-refractivity contribution is 6.22. The minimum atomic E-state index is -2.67. The lowest BCUT2D eigenvalue weighted by Gasteiger charge is -2.49. The van der Waals surface area contributed by atoms with Gasteiger partial charge in [0.1, 0.15) is 28.9 Å². The van der Waals surface area contributed by atoms with Gasteiger partial charge in [-0.25, -0.2) is 0 Å². The highest BCUT2D eigenvalue weighted by atomic mass is 16.5. The Hall–Kier alpha value is -4.51. The summed E-state index contributed by atoms with van der Waals surface area (Å²) in [5.74, 6) is -6.27. The van der Waals surface area contributed by atoms with Crippen LogP contribution in [0.25, 0.3) is 16.9 Å². The number of amides is 1. The van der Waals surface area contributed by atoms with Gasteiger partial charge in [0.2, 0.25) is 11.5 Å². The molecular formula is C27H23NO10. The van der Waals surface area contributed by atoms with E-state index in [4.69, 9.17) is 19.9 Å². The lowest BCUT2D eigenvalue weighted by molar-refractivity contribution is -0.149. The van der Waals surface area contributed by atoms with E-state index in [1.165, 1.54) is 20.3 Å². The van der Waals surface area contributed by atoms with E-state index in [0.29, 0.717) is 33.9 Å². The Kier molecular flexibility index (Phi) is 4.86. The molecule has 4 aliphatic rings. The maximum absolute atomic E-state index is 13.9. The Balaban J connectivity index is 1.61. The number of fused-ring (bicyclic) bond motifs is 5. The Labute approximate surface area is 215 Å². The van der Waals surface area contributed by atoms with Crippen LogP contribution in [0.5, 0.6) is 23.0 Å². The van der Waals surface area contributed by atoms with Gasteiger partial charge in [0.15, 0.2) is 22.9 Å². The molecule has 1 fully saturated rings. The van der Waals surface area contributed by atoms with E-state index in [1.807, 2.05) is 0 Å². The van der Waals surface area contributed by atoms with E-state index in [2.05, 4.69) is 0 Å². The molecule has 2 aromatic rings. The smallest absolute Gasteiger partial charge is 0.255 e. The molecule has 6 N–H and O–H groups in total. The molecular weight excluding hydrogens is 498 g/mol. The molecule has 0 spiro atoms.